The first-order chi connectivity index (χ1) is 12.1. The average Bonchev–Trinajstić information content (AvgIpc) is 2.55. The van der Waals surface area contributed by atoms with E-state index in [1.165, 1.54) is 24.4 Å². The van der Waals surface area contributed by atoms with Crippen LogP contribution in [0.5, 0.6) is 0 Å². The monoisotopic (exact) mass is 385 g/mol. The summed E-state index contributed by atoms with van der Waals surface area (Å²) in [6.45, 7) is 0. The Bertz CT molecular complexity index is 795. The second kappa shape index (κ2) is 8.18. The molecule has 0 spiro atoms. The van der Waals surface area contributed by atoms with Gasteiger partial charge in [0, 0.05) is 12.6 Å². The van der Waals surface area contributed by atoms with Crippen LogP contribution >= 0.6 is 11.6 Å². The Morgan fingerprint density at radius 1 is 1.19 bits per heavy atom. The molecule has 0 radical (unpaired) electrons. The van der Waals surface area contributed by atoms with Crippen molar-refractivity contribution < 1.29 is 22.8 Å². The molecule has 0 fully saturated rings. The first kappa shape index (κ1) is 19.7. The highest BCUT2D eigenvalue weighted by Crippen LogP contribution is 2.29. The van der Waals surface area contributed by atoms with Gasteiger partial charge in [-0.1, -0.05) is 35.9 Å². The van der Waals surface area contributed by atoms with E-state index in [0.717, 1.165) is 12.1 Å². The smallest absolute Gasteiger partial charge is 0.368 e. The van der Waals surface area contributed by atoms with Crippen molar-refractivity contribution in [1.82, 2.24) is 10.3 Å². The second-order valence-corrected chi connectivity index (χ2v) is 5.98. The maximum atomic E-state index is 12.7. The molecule has 5 nitrogen and oxygen atoms in total. The van der Waals surface area contributed by atoms with Crippen molar-refractivity contribution in [2.24, 2.45) is 5.73 Å². The van der Waals surface area contributed by atoms with E-state index in [0.29, 0.717) is 5.56 Å². The SMILES string of the molecule is NC(=O)[C@@H](Cc1ccc(Cl)nc1)NC(=O)Cc1cccc(C(F)(F)F)c1. The molecule has 26 heavy (non-hydrogen) atoms. The van der Waals surface area contributed by atoms with Gasteiger partial charge in [0.1, 0.15) is 11.2 Å². The number of nitrogens with zero attached hydrogens (tertiary/aromatic N) is 1. The fraction of sp³-hybridized carbons (Fsp3) is 0.235. The molecule has 0 unspecified atom stereocenters. The lowest BCUT2D eigenvalue weighted by Gasteiger charge is -2.16. The van der Waals surface area contributed by atoms with Crippen molar-refractivity contribution in [3.63, 3.8) is 0 Å². The largest absolute Gasteiger partial charge is 0.416 e. The summed E-state index contributed by atoms with van der Waals surface area (Å²) in [7, 11) is 0. The third kappa shape index (κ3) is 5.73. The van der Waals surface area contributed by atoms with Crippen LogP contribution in [0.25, 0.3) is 0 Å². The van der Waals surface area contributed by atoms with Gasteiger partial charge in [0.15, 0.2) is 0 Å². The molecule has 0 bridgehead atoms. The average molecular weight is 386 g/mol. The molecule has 2 amide bonds. The quantitative estimate of drug-likeness (QED) is 0.749. The van der Waals surface area contributed by atoms with Gasteiger partial charge in [-0.05, 0) is 23.3 Å². The Hall–Kier alpha value is -2.61. The first-order valence-electron chi connectivity index (χ1n) is 7.50. The van der Waals surface area contributed by atoms with Crippen molar-refractivity contribution in [1.29, 1.82) is 0 Å². The van der Waals surface area contributed by atoms with Gasteiger partial charge in [-0.3, -0.25) is 9.59 Å². The van der Waals surface area contributed by atoms with Gasteiger partial charge in [0.25, 0.3) is 0 Å². The molecule has 1 heterocycles. The third-order valence-corrected chi connectivity index (χ3v) is 3.75. The zero-order chi connectivity index (χ0) is 19.3. The van der Waals surface area contributed by atoms with E-state index in [4.69, 9.17) is 17.3 Å². The molecular formula is C17H15ClF3N3O2. The maximum absolute atomic E-state index is 12.7. The summed E-state index contributed by atoms with van der Waals surface area (Å²) < 4.78 is 38.1. The summed E-state index contributed by atoms with van der Waals surface area (Å²) in [5.74, 6) is -1.38. The fourth-order valence-electron chi connectivity index (χ4n) is 2.27. The molecule has 1 aromatic carbocycles. The summed E-state index contributed by atoms with van der Waals surface area (Å²) in [5.41, 5.74) is 5.24. The number of carbonyl (C=O) groups is 2. The normalized spacial score (nSPS) is 12.5. The van der Waals surface area contributed by atoms with E-state index in [2.05, 4.69) is 10.3 Å². The minimum atomic E-state index is -4.50. The van der Waals surface area contributed by atoms with E-state index in [1.807, 2.05) is 0 Å². The summed E-state index contributed by atoms with van der Waals surface area (Å²) in [6.07, 6.45) is -3.28. The molecule has 9 heteroatoms. The number of carbonyl (C=O) groups excluding carboxylic acids is 2. The number of benzene rings is 1. The lowest BCUT2D eigenvalue weighted by atomic mass is 10.1. The van der Waals surface area contributed by atoms with Gasteiger partial charge >= 0.3 is 6.18 Å². The third-order valence-electron chi connectivity index (χ3n) is 3.53. The van der Waals surface area contributed by atoms with Crippen LogP contribution in [0.15, 0.2) is 42.6 Å². The Morgan fingerprint density at radius 2 is 1.92 bits per heavy atom. The second-order valence-electron chi connectivity index (χ2n) is 5.59. The Balaban J connectivity index is 2.04. The van der Waals surface area contributed by atoms with E-state index in [-0.39, 0.29) is 23.6 Å². The number of pyridine rings is 1. The number of alkyl halides is 3. The molecule has 1 aromatic heterocycles. The zero-order valence-electron chi connectivity index (χ0n) is 13.4. The maximum Gasteiger partial charge on any atom is 0.416 e. The first-order valence-corrected chi connectivity index (χ1v) is 7.88. The zero-order valence-corrected chi connectivity index (χ0v) is 14.1. The number of rotatable bonds is 6. The van der Waals surface area contributed by atoms with Crippen molar-refractivity contribution in [3.8, 4) is 0 Å². The number of hydrogen-bond donors (Lipinski definition) is 2. The molecule has 1 atom stereocenters. The van der Waals surface area contributed by atoms with Crippen molar-refractivity contribution in [2.75, 3.05) is 0 Å². The minimum absolute atomic E-state index is 0.0911. The number of primary amides is 1. The highest BCUT2D eigenvalue weighted by molar-refractivity contribution is 6.29. The van der Waals surface area contributed by atoms with Crippen LogP contribution in [0.1, 0.15) is 16.7 Å². The molecule has 2 rings (SSSR count). The Morgan fingerprint density at radius 3 is 2.50 bits per heavy atom. The number of nitrogens with two attached hydrogens (primary N) is 1. The molecule has 138 valence electrons. The van der Waals surface area contributed by atoms with E-state index >= 15 is 0 Å². The highest BCUT2D eigenvalue weighted by atomic mass is 35.5. The molecule has 0 aliphatic rings. The molecule has 0 aliphatic heterocycles. The highest BCUT2D eigenvalue weighted by Gasteiger charge is 2.30. The fourth-order valence-corrected chi connectivity index (χ4v) is 2.39. The predicted octanol–water partition coefficient (Wildman–Crippen LogP) is 2.51. The van der Waals surface area contributed by atoms with Crippen molar-refractivity contribution >= 4 is 23.4 Å². The Kier molecular flexibility index (Phi) is 6.20. The van der Waals surface area contributed by atoms with Crippen LogP contribution < -0.4 is 11.1 Å². The molecule has 3 N–H and O–H groups in total. The predicted molar refractivity (Wildman–Crippen MR) is 89.2 cm³/mol. The van der Waals surface area contributed by atoms with Gasteiger partial charge in [0.2, 0.25) is 11.8 Å². The molecule has 0 saturated heterocycles. The number of aromatic nitrogens is 1. The Labute approximate surface area is 152 Å². The van der Waals surface area contributed by atoms with Crippen LogP contribution in [-0.4, -0.2) is 22.8 Å². The lowest BCUT2D eigenvalue weighted by molar-refractivity contribution is -0.137. The van der Waals surface area contributed by atoms with E-state index in [1.54, 1.807) is 6.07 Å². The summed E-state index contributed by atoms with van der Waals surface area (Å²) >= 11 is 5.68. The number of nitrogens with one attached hydrogen (secondary N) is 1. The molecule has 0 aliphatic carbocycles. The lowest BCUT2D eigenvalue weighted by Crippen LogP contribution is -2.46. The van der Waals surface area contributed by atoms with Crippen molar-refractivity contribution in [2.45, 2.75) is 25.1 Å². The van der Waals surface area contributed by atoms with Gasteiger partial charge in [0.05, 0.1) is 12.0 Å². The van der Waals surface area contributed by atoms with E-state index in [9.17, 15) is 22.8 Å². The van der Waals surface area contributed by atoms with Crippen LogP contribution in [0, 0.1) is 0 Å². The van der Waals surface area contributed by atoms with Crippen LogP contribution in [-0.2, 0) is 28.6 Å². The van der Waals surface area contributed by atoms with Crippen LogP contribution in [0.4, 0.5) is 13.2 Å². The van der Waals surface area contributed by atoms with Crippen LogP contribution in [0.2, 0.25) is 5.15 Å². The molecule has 0 saturated carbocycles. The number of hydrogen-bond acceptors (Lipinski definition) is 3. The number of halogens is 4. The van der Waals surface area contributed by atoms with Gasteiger partial charge in [-0.15, -0.1) is 0 Å². The number of amides is 2. The van der Waals surface area contributed by atoms with E-state index < -0.39 is 29.6 Å². The topological polar surface area (TPSA) is 85.1 Å². The van der Waals surface area contributed by atoms with Gasteiger partial charge in [-0.25, -0.2) is 4.98 Å². The van der Waals surface area contributed by atoms with Gasteiger partial charge in [-0.2, -0.15) is 13.2 Å². The van der Waals surface area contributed by atoms with Gasteiger partial charge < -0.3 is 11.1 Å². The molecule has 2 aromatic rings. The minimum Gasteiger partial charge on any atom is -0.368 e. The summed E-state index contributed by atoms with van der Waals surface area (Å²) in [6, 6.07) is 6.57. The summed E-state index contributed by atoms with van der Waals surface area (Å²) in [5, 5.41) is 2.71. The molecular weight excluding hydrogens is 371 g/mol. The standard InChI is InChI=1S/C17H15ClF3N3O2/c18-14-5-4-11(9-23-14)7-13(16(22)26)24-15(25)8-10-2-1-3-12(6-10)17(19,20)21/h1-6,9,13H,7-8H2,(H2,22,26)(H,24,25)/t13-/m1/s1. The van der Waals surface area contributed by atoms with Crippen molar-refractivity contribution in [3.05, 3.63) is 64.4 Å². The summed E-state index contributed by atoms with van der Waals surface area (Å²) in [4.78, 5) is 27.5. The van der Waals surface area contributed by atoms with Crippen LogP contribution in [0.3, 0.4) is 0 Å².